The molecule has 1 aromatic carbocycles. The van der Waals surface area contributed by atoms with Gasteiger partial charge in [0, 0.05) is 18.1 Å². The molecule has 4 rings (SSSR count). The Morgan fingerprint density at radius 3 is 2.43 bits per heavy atom. The summed E-state index contributed by atoms with van der Waals surface area (Å²) < 4.78 is 0. The molecule has 0 aliphatic carbocycles. The Labute approximate surface area is 184 Å². The van der Waals surface area contributed by atoms with Crippen molar-refractivity contribution in [2.24, 2.45) is 5.92 Å². The number of aromatic nitrogens is 1. The molecule has 1 amide bonds. The van der Waals surface area contributed by atoms with Crippen LogP contribution in [-0.2, 0) is 4.79 Å². The maximum absolute atomic E-state index is 12.8. The van der Waals surface area contributed by atoms with Crippen molar-refractivity contribution in [1.29, 1.82) is 0 Å². The average Bonchev–Trinajstić information content (AvgIpc) is 3.19. The predicted molar refractivity (Wildman–Crippen MR) is 123 cm³/mol. The van der Waals surface area contributed by atoms with E-state index in [1.807, 2.05) is 23.6 Å². The number of carbonyl (C=O) groups excluding carboxylic acids is 1. The first-order valence-corrected chi connectivity index (χ1v) is 12.3. The van der Waals surface area contributed by atoms with E-state index in [1.165, 1.54) is 58.2 Å². The minimum Gasteiger partial charge on any atom is -0.342 e. The molecule has 30 heavy (non-hydrogen) atoms. The maximum Gasteiger partial charge on any atom is 0.235 e. The molecule has 2 aromatic rings. The third kappa shape index (κ3) is 6.13. The Morgan fingerprint density at radius 1 is 1.03 bits per heavy atom. The lowest BCUT2D eigenvalue weighted by Gasteiger charge is -2.34. The van der Waals surface area contributed by atoms with E-state index in [9.17, 15) is 4.79 Å². The molecule has 1 N–H and O–H groups in total. The lowest BCUT2D eigenvalue weighted by molar-refractivity contribution is -0.123. The Kier molecular flexibility index (Phi) is 7.89. The molecule has 0 bridgehead atoms. The summed E-state index contributed by atoms with van der Waals surface area (Å²) >= 11 is 1.59. The maximum atomic E-state index is 12.8. The van der Waals surface area contributed by atoms with E-state index < -0.39 is 0 Å². The molecule has 2 saturated heterocycles. The van der Waals surface area contributed by atoms with Crippen molar-refractivity contribution >= 4 is 17.2 Å². The van der Waals surface area contributed by atoms with Crippen LogP contribution < -0.4 is 5.32 Å². The summed E-state index contributed by atoms with van der Waals surface area (Å²) in [5.74, 6) is 0.875. The van der Waals surface area contributed by atoms with E-state index >= 15 is 0 Å². The van der Waals surface area contributed by atoms with Crippen LogP contribution in [0.5, 0.6) is 0 Å². The molecule has 3 heterocycles. The minimum atomic E-state index is -0.167. The van der Waals surface area contributed by atoms with Crippen molar-refractivity contribution in [3.05, 3.63) is 52.5 Å². The van der Waals surface area contributed by atoms with E-state index in [1.54, 1.807) is 17.5 Å². The number of likely N-dealkylation sites (tertiary alicyclic amines) is 2. The SMILES string of the molecule is O=C(CN1CCC(CN2CCCCCC2)CC1)NC(c1ccccc1)c1nccs1. The third-order valence-electron chi connectivity index (χ3n) is 6.43. The van der Waals surface area contributed by atoms with Crippen LogP contribution in [0.2, 0.25) is 0 Å². The smallest absolute Gasteiger partial charge is 0.235 e. The van der Waals surface area contributed by atoms with Gasteiger partial charge in [-0.25, -0.2) is 4.98 Å². The highest BCUT2D eigenvalue weighted by atomic mass is 32.1. The first kappa shape index (κ1) is 21.5. The summed E-state index contributed by atoms with van der Waals surface area (Å²) in [6.45, 7) is 6.34. The molecule has 0 spiro atoms. The van der Waals surface area contributed by atoms with Crippen molar-refractivity contribution in [2.75, 3.05) is 39.3 Å². The molecule has 1 atom stereocenters. The molecule has 1 unspecified atom stereocenters. The monoisotopic (exact) mass is 426 g/mol. The molecule has 162 valence electrons. The Bertz CT molecular complexity index is 751. The summed E-state index contributed by atoms with van der Waals surface area (Å²) in [7, 11) is 0. The van der Waals surface area contributed by atoms with Gasteiger partial charge in [-0.2, -0.15) is 0 Å². The zero-order chi connectivity index (χ0) is 20.6. The summed E-state index contributed by atoms with van der Waals surface area (Å²) in [5, 5.41) is 6.13. The number of hydrogen-bond acceptors (Lipinski definition) is 5. The van der Waals surface area contributed by atoms with Crippen LogP contribution in [0.4, 0.5) is 0 Å². The van der Waals surface area contributed by atoms with Crippen molar-refractivity contribution in [3.8, 4) is 0 Å². The number of nitrogens with zero attached hydrogens (tertiary/aromatic N) is 3. The summed E-state index contributed by atoms with van der Waals surface area (Å²) in [5.41, 5.74) is 1.08. The number of benzene rings is 1. The number of nitrogens with one attached hydrogen (secondary N) is 1. The summed E-state index contributed by atoms with van der Waals surface area (Å²) in [6.07, 6.45) is 9.74. The zero-order valence-electron chi connectivity index (χ0n) is 17.8. The number of hydrogen-bond donors (Lipinski definition) is 1. The molecular weight excluding hydrogens is 392 g/mol. The highest BCUT2D eigenvalue weighted by Gasteiger charge is 2.25. The van der Waals surface area contributed by atoms with Crippen molar-refractivity contribution in [2.45, 2.75) is 44.6 Å². The minimum absolute atomic E-state index is 0.0880. The second-order valence-electron chi connectivity index (χ2n) is 8.72. The van der Waals surface area contributed by atoms with Gasteiger partial charge >= 0.3 is 0 Å². The number of carbonyl (C=O) groups is 1. The molecule has 2 fully saturated rings. The van der Waals surface area contributed by atoms with E-state index in [0.29, 0.717) is 6.54 Å². The fourth-order valence-corrected chi connectivity index (χ4v) is 5.44. The van der Waals surface area contributed by atoms with Gasteiger partial charge in [0.25, 0.3) is 0 Å². The molecule has 0 saturated carbocycles. The van der Waals surface area contributed by atoms with E-state index in [-0.39, 0.29) is 11.9 Å². The second kappa shape index (κ2) is 11.0. The average molecular weight is 427 g/mol. The highest BCUT2D eigenvalue weighted by Crippen LogP contribution is 2.24. The van der Waals surface area contributed by atoms with Gasteiger partial charge in [-0.1, -0.05) is 43.2 Å². The van der Waals surface area contributed by atoms with Crippen LogP contribution in [0.1, 0.15) is 55.1 Å². The first-order chi connectivity index (χ1) is 14.8. The van der Waals surface area contributed by atoms with E-state index in [0.717, 1.165) is 29.6 Å². The number of thiazole rings is 1. The van der Waals surface area contributed by atoms with Gasteiger partial charge in [0.2, 0.25) is 5.91 Å². The molecule has 2 aliphatic heterocycles. The van der Waals surface area contributed by atoms with Crippen LogP contribution in [0.15, 0.2) is 41.9 Å². The predicted octanol–water partition coefficient (Wildman–Crippen LogP) is 3.94. The topological polar surface area (TPSA) is 48.5 Å². The van der Waals surface area contributed by atoms with E-state index in [2.05, 4.69) is 32.2 Å². The molecular formula is C24H34N4OS. The summed E-state index contributed by atoms with van der Waals surface area (Å²) in [4.78, 5) is 22.3. The van der Waals surface area contributed by atoms with Gasteiger partial charge in [-0.3, -0.25) is 9.69 Å². The lowest BCUT2D eigenvalue weighted by Crippen LogP contribution is -2.44. The fourth-order valence-electron chi connectivity index (χ4n) is 4.73. The molecule has 5 nitrogen and oxygen atoms in total. The van der Waals surface area contributed by atoms with Gasteiger partial charge in [0.05, 0.1) is 6.54 Å². The normalized spacial score (nSPS) is 20.5. The largest absolute Gasteiger partial charge is 0.342 e. The van der Waals surface area contributed by atoms with Crippen molar-refractivity contribution in [3.63, 3.8) is 0 Å². The molecule has 1 aromatic heterocycles. The highest BCUT2D eigenvalue weighted by molar-refractivity contribution is 7.09. The van der Waals surface area contributed by atoms with Crippen molar-refractivity contribution in [1.82, 2.24) is 20.1 Å². The molecule has 6 heteroatoms. The zero-order valence-corrected chi connectivity index (χ0v) is 18.7. The fraction of sp³-hybridized carbons (Fsp3) is 0.583. The molecule has 2 aliphatic rings. The summed E-state index contributed by atoms with van der Waals surface area (Å²) in [6, 6.07) is 9.97. The Hall–Kier alpha value is -1.76. The molecule has 0 radical (unpaired) electrons. The number of piperidine rings is 1. The van der Waals surface area contributed by atoms with Gasteiger partial charge in [-0.05, 0) is 63.3 Å². The second-order valence-corrected chi connectivity index (χ2v) is 9.64. The standard InChI is InChI=1S/C24H34N4OS/c29-22(26-23(24-25-12-17-30-24)21-8-4-3-5-9-21)19-28-15-10-20(11-16-28)18-27-13-6-1-2-7-14-27/h3-5,8-9,12,17,20,23H,1-2,6-7,10-11,13-16,18-19H2,(H,26,29). The van der Waals surface area contributed by atoms with Gasteiger partial charge in [-0.15, -0.1) is 11.3 Å². The Balaban J connectivity index is 1.26. The van der Waals surface area contributed by atoms with E-state index in [4.69, 9.17) is 0 Å². The van der Waals surface area contributed by atoms with Crippen LogP contribution in [0.25, 0.3) is 0 Å². The number of amides is 1. The lowest BCUT2D eigenvalue weighted by atomic mass is 9.96. The third-order valence-corrected chi connectivity index (χ3v) is 7.27. The first-order valence-electron chi connectivity index (χ1n) is 11.5. The van der Waals surface area contributed by atoms with Gasteiger partial charge in [0.1, 0.15) is 11.0 Å². The van der Waals surface area contributed by atoms with Crippen LogP contribution in [0.3, 0.4) is 0 Å². The van der Waals surface area contributed by atoms with Crippen molar-refractivity contribution < 1.29 is 4.79 Å². The number of rotatable bonds is 7. The van der Waals surface area contributed by atoms with Crippen LogP contribution in [-0.4, -0.2) is 60.0 Å². The van der Waals surface area contributed by atoms with Gasteiger partial charge < -0.3 is 10.2 Å². The van der Waals surface area contributed by atoms with Crippen LogP contribution >= 0.6 is 11.3 Å². The quantitative estimate of drug-likeness (QED) is 0.729. The van der Waals surface area contributed by atoms with Gasteiger partial charge in [0.15, 0.2) is 0 Å². The van der Waals surface area contributed by atoms with Crippen LogP contribution in [0, 0.1) is 5.92 Å². The Morgan fingerprint density at radius 2 is 1.77 bits per heavy atom.